The highest BCUT2D eigenvalue weighted by molar-refractivity contribution is 6.31. The van der Waals surface area contributed by atoms with Crippen molar-refractivity contribution in [1.29, 1.82) is 0 Å². The quantitative estimate of drug-likeness (QED) is 0.616. The number of carbonyl (C=O) groups is 2. The molecule has 1 aliphatic rings. The zero-order valence-electron chi connectivity index (χ0n) is 13.0. The Labute approximate surface area is 135 Å². The first kappa shape index (κ1) is 16.6. The molecule has 0 aromatic heterocycles. The van der Waals surface area contributed by atoms with Crippen molar-refractivity contribution in [1.82, 2.24) is 0 Å². The van der Waals surface area contributed by atoms with Gasteiger partial charge < -0.3 is 9.47 Å². The number of rotatable bonds is 5. The minimum absolute atomic E-state index is 0.150. The number of hydrogen-bond acceptors (Lipinski definition) is 4. The normalized spacial score (nSPS) is 16.0. The van der Waals surface area contributed by atoms with Gasteiger partial charge in [0.05, 0.1) is 12.3 Å². The van der Waals surface area contributed by atoms with Crippen molar-refractivity contribution >= 4 is 29.2 Å². The maximum absolute atomic E-state index is 12.5. The second-order valence-electron chi connectivity index (χ2n) is 5.69. The van der Waals surface area contributed by atoms with E-state index in [-0.39, 0.29) is 12.5 Å². The maximum atomic E-state index is 12.5. The minimum Gasteiger partial charge on any atom is -0.476 e. The second kappa shape index (κ2) is 6.57. The lowest BCUT2D eigenvalue weighted by molar-refractivity contribution is -0.144. The van der Waals surface area contributed by atoms with Crippen molar-refractivity contribution in [3.8, 4) is 5.75 Å². The Hall–Kier alpha value is -1.75. The van der Waals surface area contributed by atoms with Crippen LogP contribution in [0.1, 0.15) is 33.6 Å². The summed E-state index contributed by atoms with van der Waals surface area (Å²) in [6, 6.07) is 4.99. The first-order valence-electron chi connectivity index (χ1n) is 7.31. The molecule has 1 aromatic rings. The number of amides is 1. The molecule has 0 spiro atoms. The molecule has 0 aliphatic carbocycles. The molecule has 0 N–H and O–H groups in total. The fourth-order valence-electron chi connectivity index (χ4n) is 2.20. The number of nitrogens with zero attached hydrogens (tertiary/aromatic N) is 1. The first-order valence-corrected chi connectivity index (χ1v) is 7.69. The summed E-state index contributed by atoms with van der Waals surface area (Å²) in [5, 5.41) is 0.471. The van der Waals surface area contributed by atoms with Crippen LogP contribution in [-0.4, -0.2) is 30.6 Å². The molecule has 0 saturated heterocycles. The third kappa shape index (κ3) is 3.53. The molecule has 1 heterocycles. The summed E-state index contributed by atoms with van der Waals surface area (Å²) in [5.74, 6) is -0.213. The van der Waals surface area contributed by atoms with Crippen molar-refractivity contribution in [3.05, 3.63) is 23.2 Å². The highest BCUT2D eigenvalue weighted by atomic mass is 35.5. The highest BCUT2D eigenvalue weighted by Crippen LogP contribution is 2.39. The van der Waals surface area contributed by atoms with Gasteiger partial charge in [-0.1, -0.05) is 24.9 Å². The van der Waals surface area contributed by atoms with Gasteiger partial charge in [-0.25, -0.2) is 0 Å². The van der Waals surface area contributed by atoms with Crippen molar-refractivity contribution < 1.29 is 19.1 Å². The van der Waals surface area contributed by atoms with E-state index in [4.69, 9.17) is 21.1 Å². The largest absolute Gasteiger partial charge is 0.476 e. The second-order valence-corrected chi connectivity index (χ2v) is 6.13. The van der Waals surface area contributed by atoms with Crippen LogP contribution in [0.2, 0.25) is 5.02 Å². The summed E-state index contributed by atoms with van der Waals surface area (Å²) in [5.41, 5.74) is -0.547. The zero-order valence-corrected chi connectivity index (χ0v) is 13.8. The molecule has 2 rings (SSSR count). The summed E-state index contributed by atoms with van der Waals surface area (Å²) in [6.07, 6.45) is 1.74. The van der Waals surface area contributed by atoms with Crippen LogP contribution in [0.4, 0.5) is 5.69 Å². The van der Waals surface area contributed by atoms with E-state index in [1.165, 1.54) is 4.90 Å². The lowest BCUT2D eigenvalue weighted by Crippen LogP contribution is -2.54. The molecule has 120 valence electrons. The van der Waals surface area contributed by atoms with Gasteiger partial charge in [0.15, 0.2) is 5.60 Å². The molecule has 0 saturated carbocycles. The van der Waals surface area contributed by atoms with E-state index in [1.54, 1.807) is 32.0 Å². The number of carbonyl (C=O) groups excluding carboxylic acids is 2. The van der Waals surface area contributed by atoms with Crippen LogP contribution in [-0.2, 0) is 14.3 Å². The Morgan fingerprint density at radius 3 is 2.82 bits per heavy atom. The van der Waals surface area contributed by atoms with E-state index in [0.717, 1.165) is 12.8 Å². The average molecular weight is 326 g/mol. The molecule has 1 aliphatic heterocycles. The van der Waals surface area contributed by atoms with Crippen LogP contribution in [0.25, 0.3) is 0 Å². The number of fused-ring (bicyclic) bond motifs is 1. The molecular weight excluding hydrogens is 306 g/mol. The number of hydrogen-bond donors (Lipinski definition) is 0. The molecule has 1 aromatic carbocycles. The number of unbranched alkanes of at least 4 members (excludes halogenated alkanes) is 1. The summed E-state index contributed by atoms with van der Waals surface area (Å²) < 4.78 is 10.8. The number of esters is 1. The summed E-state index contributed by atoms with van der Waals surface area (Å²) in [6.45, 7) is 5.56. The van der Waals surface area contributed by atoms with Gasteiger partial charge >= 0.3 is 5.97 Å². The Morgan fingerprint density at radius 1 is 1.41 bits per heavy atom. The molecular formula is C16H20ClNO4. The monoisotopic (exact) mass is 325 g/mol. The maximum Gasteiger partial charge on any atom is 0.326 e. The Bertz CT molecular complexity index is 586. The number of ether oxygens (including phenoxy) is 2. The lowest BCUT2D eigenvalue weighted by Gasteiger charge is -2.38. The fraction of sp³-hybridized carbons (Fsp3) is 0.500. The van der Waals surface area contributed by atoms with E-state index in [9.17, 15) is 9.59 Å². The molecule has 0 radical (unpaired) electrons. The minimum atomic E-state index is -1.04. The van der Waals surface area contributed by atoms with Crippen molar-refractivity contribution in [2.75, 3.05) is 18.1 Å². The van der Waals surface area contributed by atoms with Crippen molar-refractivity contribution in [2.24, 2.45) is 0 Å². The van der Waals surface area contributed by atoms with Gasteiger partial charge in [-0.3, -0.25) is 14.5 Å². The molecule has 0 fully saturated rings. The average Bonchev–Trinajstić information content (AvgIpc) is 2.45. The Morgan fingerprint density at radius 2 is 2.14 bits per heavy atom. The van der Waals surface area contributed by atoms with Crippen molar-refractivity contribution in [2.45, 2.75) is 39.2 Å². The van der Waals surface area contributed by atoms with Crippen LogP contribution in [0, 0.1) is 0 Å². The molecule has 0 atom stereocenters. The smallest absolute Gasteiger partial charge is 0.326 e. The highest BCUT2D eigenvalue weighted by Gasteiger charge is 2.41. The van der Waals surface area contributed by atoms with Gasteiger partial charge in [-0.15, -0.1) is 0 Å². The van der Waals surface area contributed by atoms with Gasteiger partial charge in [0.25, 0.3) is 5.91 Å². The third-order valence-electron chi connectivity index (χ3n) is 3.39. The van der Waals surface area contributed by atoms with E-state index in [1.807, 2.05) is 6.92 Å². The van der Waals surface area contributed by atoms with Gasteiger partial charge in [-0.2, -0.15) is 0 Å². The lowest BCUT2D eigenvalue weighted by atomic mass is 10.0. The number of halogens is 1. The SMILES string of the molecule is CCCCOC(=O)CN1C(=O)C(C)(C)Oc2ccc(Cl)cc21. The van der Waals surface area contributed by atoms with Crippen LogP contribution in [0.5, 0.6) is 5.75 Å². The number of anilines is 1. The standard InChI is InChI=1S/C16H20ClNO4/c1-4-5-8-21-14(19)10-18-12-9-11(17)6-7-13(12)22-16(2,3)15(18)20/h6-7,9H,4-5,8,10H2,1-3H3. The molecule has 22 heavy (non-hydrogen) atoms. The first-order chi connectivity index (χ1) is 10.3. The molecule has 6 heteroatoms. The number of benzene rings is 1. The predicted octanol–water partition coefficient (Wildman–Crippen LogP) is 3.19. The predicted molar refractivity (Wildman–Crippen MR) is 84.4 cm³/mol. The Kier molecular flexibility index (Phi) is 4.96. The van der Waals surface area contributed by atoms with Crippen molar-refractivity contribution in [3.63, 3.8) is 0 Å². The van der Waals surface area contributed by atoms with E-state index >= 15 is 0 Å². The summed E-state index contributed by atoms with van der Waals surface area (Å²) >= 11 is 5.99. The van der Waals surface area contributed by atoms with Crippen LogP contribution in [0.15, 0.2) is 18.2 Å². The van der Waals surface area contributed by atoms with Gasteiger partial charge in [0.1, 0.15) is 12.3 Å². The topological polar surface area (TPSA) is 55.8 Å². The molecule has 1 amide bonds. The summed E-state index contributed by atoms with van der Waals surface area (Å²) in [7, 11) is 0. The van der Waals surface area contributed by atoms with Crippen LogP contribution >= 0.6 is 11.6 Å². The summed E-state index contributed by atoms with van der Waals surface area (Å²) in [4.78, 5) is 25.9. The fourth-order valence-corrected chi connectivity index (χ4v) is 2.37. The Balaban J connectivity index is 2.23. The molecule has 0 unspecified atom stereocenters. The zero-order chi connectivity index (χ0) is 16.3. The van der Waals surface area contributed by atoms with E-state index in [0.29, 0.717) is 23.1 Å². The van der Waals surface area contributed by atoms with Gasteiger partial charge in [-0.05, 0) is 38.5 Å². The van der Waals surface area contributed by atoms with Crippen LogP contribution in [0.3, 0.4) is 0 Å². The van der Waals surface area contributed by atoms with E-state index in [2.05, 4.69) is 0 Å². The van der Waals surface area contributed by atoms with E-state index < -0.39 is 11.6 Å². The molecule has 5 nitrogen and oxygen atoms in total. The molecule has 0 bridgehead atoms. The van der Waals surface area contributed by atoms with Crippen LogP contribution < -0.4 is 9.64 Å². The van der Waals surface area contributed by atoms with Gasteiger partial charge in [0.2, 0.25) is 0 Å². The van der Waals surface area contributed by atoms with Gasteiger partial charge in [0, 0.05) is 5.02 Å². The third-order valence-corrected chi connectivity index (χ3v) is 3.62.